The molecule has 0 unspecified atom stereocenters. The van der Waals surface area contributed by atoms with Gasteiger partial charge >= 0.3 is 0 Å². The molecule has 1 N–H and O–H groups in total. The maximum atomic E-state index is 13.6. The van der Waals surface area contributed by atoms with Gasteiger partial charge in [0, 0.05) is 18.3 Å². The van der Waals surface area contributed by atoms with Crippen molar-refractivity contribution < 1.29 is 18.3 Å². The second-order valence-corrected chi connectivity index (χ2v) is 4.70. The zero-order valence-corrected chi connectivity index (χ0v) is 11.2. The predicted octanol–water partition coefficient (Wildman–Crippen LogP) is 2.88. The molecule has 0 aliphatic carbocycles. The van der Waals surface area contributed by atoms with E-state index in [0.29, 0.717) is 36.6 Å². The van der Waals surface area contributed by atoms with E-state index in [0.717, 1.165) is 11.8 Å². The summed E-state index contributed by atoms with van der Waals surface area (Å²) in [4.78, 5) is 3.68. The smallest absolute Gasteiger partial charge is 0.189 e. The Labute approximate surface area is 120 Å². The number of hydrogen-bond acceptors (Lipinski definition) is 4. The molecule has 1 aromatic heterocycles. The van der Waals surface area contributed by atoms with Gasteiger partial charge in [0.1, 0.15) is 11.6 Å². The Kier molecular flexibility index (Phi) is 3.96. The van der Waals surface area contributed by atoms with Crippen LogP contribution in [-0.4, -0.2) is 18.3 Å². The number of ether oxygens (including phenoxy) is 2. The number of halogens is 2. The van der Waals surface area contributed by atoms with Crippen LogP contribution >= 0.6 is 0 Å². The summed E-state index contributed by atoms with van der Waals surface area (Å²) in [6, 6.07) is 4.41. The SMILES string of the molecule is Fc1cc(CCNc2ccncc2F)c2c(c1)COCO2. The van der Waals surface area contributed by atoms with Gasteiger partial charge in [0.05, 0.1) is 18.5 Å². The molecule has 0 saturated carbocycles. The number of pyridine rings is 1. The Morgan fingerprint density at radius 1 is 1.29 bits per heavy atom. The topological polar surface area (TPSA) is 43.4 Å². The molecular weight excluding hydrogens is 278 g/mol. The van der Waals surface area contributed by atoms with E-state index >= 15 is 0 Å². The van der Waals surface area contributed by atoms with Gasteiger partial charge < -0.3 is 14.8 Å². The van der Waals surface area contributed by atoms with E-state index in [1.54, 1.807) is 6.07 Å². The summed E-state index contributed by atoms with van der Waals surface area (Å²) in [5.41, 5.74) is 1.82. The summed E-state index contributed by atoms with van der Waals surface area (Å²) in [7, 11) is 0. The first kappa shape index (κ1) is 13.8. The van der Waals surface area contributed by atoms with Crippen molar-refractivity contribution >= 4 is 5.69 Å². The van der Waals surface area contributed by atoms with Gasteiger partial charge in [-0.1, -0.05) is 0 Å². The Hall–Kier alpha value is -2.21. The van der Waals surface area contributed by atoms with E-state index in [2.05, 4.69) is 10.3 Å². The van der Waals surface area contributed by atoms with Crippen molar-refractivity contribution in [1.29, 1.82) is 0 Å². The minimum atomic E-state index is -0.413. The van der Waals surface area contributed by atoms with Crippen molar-refractivity contribution in [2.45, 2.75) is 13.0 Å². The van der Waals surface area contributed by atoms with E-state index in [9.17, 15) is 8.78 Å². The van der Waals surface area contributed by atoms with Gasteiger partial charge in [-0.25, -0.2) is 8.78 Å². The number of rotatable bonds is 4. The number of nitrogens with one attached hydrogen (secondary N) is 1. The fraction of sp³-hybridized carbons (Fsp3) is 0.267. The normalized spacial score (nSPS) is 13.4. The molecule has 21 heavy (non-hydrogen) atoms. The van der Waals surface area contributed by atoms with Crippen LogP contribution < -0.4 is 10.1 Å². The summed E-state index contributed by atoms with van der Waals surface area (Å²) in [6.45, 7) is 0.964. The average Bonchev–Trinajstić information content (AvgIpc) is 2.49. The molecule has 1 aliphatic rings. The van der Waals surface area contributed by atoms with E-state index in [-0.39, 0.29) is 12.6 Å². The zero-order chi connectivity index (χ0) is 14.7. The number of nitrogens with zero attached hydrogens (tertiary/aromatic N) is 1. The minimum absolute atomic E-state index is 0.165. The molecule has 2 aromatic rings. The number of benzene rings is 1. The number of aromatic nitrogens is 1. The second-order valence-electron chi connectivity index (χ2n) is 4.70. The largest absolute Gasteiger partial charge is 0.467 e. The molecule has 0 bridgehead atoms. The lowest BCUT2D eigenvalue weighted by molar-refractivity contribution is -0.0172. The van der Waals surface area contributed by atoms with E-state index < -0.39 is 5.82 Å². The number of fused-ring (bicyclic) bond motifs is 1. The van der Waals surface area contributed by atoms with Gasteiger partial charge in [-0.3, -0.25) is 4.98 Å². The second kappa shape index (κ2) is 6.05. The van der Waals surface area contributed by atoms with E-state index in [1.807, 2.05) is 0 Å². The van der Waals surface area contributed by atoms with E-state index in [1.165, 1.54) is 18.3 Å². The van der Waals surface area contributed by atoms with Crippen molar-refractivity contribution in [1.82, 2.24) is 4.98 Å². The molecule has 0 spiro atoms. The highest BCUT2D eigenvalue weighted by Gasteiger charge is 2.16. The van der Waals surface area contributed by atoms with Gasteiger partial charge in [0.25, 0.3) is 0 Å². The molecule has 0 fully saturated rings. The average molecular weight is 292 g/mol. The Balaban J connectivity index is 1.71. The summed E-state index contributed by atoms with van der Waals surface area (Å²) < 4.78 is 37.6. The fourth-order valence-corrected chi connectivity index (χ4v) is 2.29. The van der Waals surface area contributed by atoms with Crippen LogP contribution in [0.5, 0.6) is 5.75 Å². The molecule has 4 nitrogen and oxygen atoms in total. The van der Waals surface area contributed by atoms with Gasteiger partial charge in [-0.2, -0.15) is 0 Å². The maximum Gasteiger partial charge on any atom is 0.189 e. The van der Waals surface area contributed by atoms with Crippen LogP contribution in [0.25, 0.3) is 0 Å². The predicted molar refractivity (Wildman–Crippen MR) is 73.1 cm³/mol. The lowest BCUT2D eigenvalue weighted by Crippen LogP contribution is -2.15. The van der Waals surface area contributed by atoms with Crippen LogP contribution in [-0.2, 0) is 17.8 Å². The zero-order valence-electron chi connectivity index (χ0n) is 11.2. The summed E-state index contributed by atoms with van der Waals surface area (Å²) in [5, 5.41) is 2.96. The van der Waals surface area contributed by atoms with Crippen molar-refractivity contribution in [3.8, 4) is 5.75 Å². The highest BCUT2D eigenvalue weighted by atomic mass is 19.1. The first-order chi connectivity index (χ1) is 10.2. The van der Waals surface area contributed by atoms with Crippen LogP contribution in [0, 0.1) is 11.6 Å². The molecule has 1 aliphatic heterocycles. The molecule has 1 aromatic carbocycles. The summed E-state index contributed by atoms with van der Waals surface area (Å²) in [5.74, 6) is -0.0731. The van der Waals surface area contributed by atoms with Gasteiger partial charge in [0.15, 0.2) is 12.6 Å². The lowest BCUT2D eigenvalue weighted by atomic mass is 10.1. The van der Waals surface area contributed by atoms with Crippen LogP contribution in [0.2, 0.25) is 0 Å². The van der Waals surface area contributed by atoms with Gasteiger partial charge in [0.2, 0.25) is 0 Å². The van der Waals surface area contributed by atoms with Crippen molar-refractivity contribution in [3.05, 3.63) is 53.4 Å². The van der Waals surface area contributed by atoms with Crippen molar-refractivity contribution in [2.75, 3.05) is 18.7 Å². The van der Waals surface area contributed by atoms with Crippen LogP contribution in [0.15, 0.2) is 30.6 Å². The molecule has 2 heterocycles. The van der Waals surface area contributed by atoms with E-state index in [4.69, 9.17) is 9.47 Å². The summed E-state index contributed by atoms with van der Waals surface area (Å²) in [6.07, 6.45) is 3.17. The first-order valence-corrected chi connectivity index (χ1v) is 6.59. The lowest BCUT2D eigenvalue weighted by Gasteiger charge is -2.21. The minimum Gasteiger partial charge on any atom is -0.467 e. The molecule has 0 amide bonds. The number of hydrogen-bond donors (Lipinski definition) is 1. The molecule has 0 atom stereocenters. The molecule has 0 radical (unpaired) electrons. The Morgan fingerprint density at radius 3 is 3.05 bits per heavy atom. The fourth-order valence-electron chi connectivity index (χ4n) is 2.29. The standard InChI is InChI=1S/C15H14F2N2O2/c16-12-5-10(15-11(6-12)8-20-9-21-15)1-4-19-14-2-3-18-7-13(14)17/h2-3,5-7H,1,4,8-9H2,(H,18,19). The first-order valence-electron chi connectivity index (χ1n) is 6.59. The van der Waals surface area contributed by atoms with Crippen LogP contribution in [0.1, 0.15) is 11.1 Å². The monoisotopic (exact) mass is 292 g/mol. The highest BCUT2D eigenvalue weighted by molar-refractivity contribution is 5.45. The molecule has 0 saturated heterocycles. The van der Waals surface area contributed by atoms with Crippen LogP contribution in [0.4, 0.5) is 14.5 Å². The maximum absolute atomic E-state index is 13.6. The Bertz CT molecular complexity index is 650. The summed E-state index contributed by atoms with van der Waals surface area (Å²) >= 11 is 0. The van der Waals surface area contributed by atoms with Gasteiger partial charge in [-0.15, -0.1) is 0 Å². The third-order valence-corrected chi connectivity index (χ3v) is 3.23. The molecule has 110 valence electrons. The van der Waals surface area contributed by atoms with Crippen molar-refractivity contribution in [2.24, 2.45) is 0 Å². The van der Waals surface area contributed by atoms with Crippen LogP contribution in [0.3, 0.4) is 0 Å². The molecular formula is C15H14F2N2O2. The third-order valence-electron chi connectivity index (χ3n) is 3.23. The quantitative estimate of drug-likeness (QED) is 0.941. The molecule has 6 heteroatoms. The van der Waals surface area contributed by atoms with Crippen molar-refractivity contribution in [3.63, 3.8) is 0 Å². The highest BCUT2D eigenvalue weighted by Crippen LogP contribution is 2.29. The third kappa shape index (κ3) is 3.11. The van der Waals surface area contributed by atoms with Gasteiger partial charge in [-0.05, 0) is 30.2 Å². The number of anilines is 1. The molecule has 3 rings (SSSR count). The Morgan fingerprint density at radius 2 is 2.19 bits per heavy atom.